The van der Waals surface area contributed by atoms with Crippen LogP contribution in [0.2, 0.25) is 0 Å². The van der Waals surface area contributed by atoms with Crippen LogP contribution in [0.15, 0.2) is 5.38 Å². The van der Waals surface area contributed by atoms with E-state index in [4.69, 9.17) is 0 Å². The van der Waals surface area contributed by atoms with Crippen molar-refractivity contribution >= 4 is 23.2 Å². The molecule has 0 radical (unpaired) electrons. The highest BCUT2D eigenvalue weighted by molar-refractivity contribution is 7.10. The Kier molecular flexibility index (Phi) is 5.63. The average Bonchev–Trinajstić information content (AvgIpc) is 3.13. The van der Waals surface area contributed by atoms with Crippen molar-refractivity contribution in [3.8, 4) is 0 Å². The quantitative estimate of drug-likeness (QED) is 0.871. The minimum Gasteiger partial charge on any atom is -0.349 e. The van der Waals surface area contributed by atoms with Crippen molar-refractivity contribution in [2.24, 2.45) is 5.92 Å². The summed E-state index contributed by atoms with van der Waals surface area (Å²) in [5.74, 6) is 0.718. The summed E-state index contributed by atoms with van der Waals surface area (Å²) in [4.78, 5) is 28.9. The van der Waals surface area contributed by atoms with Crippen LogP contribution >= 0.6 is 11.3 Å². The Morgan fingerprint density at radius 3 is 2.46 bits per heavy atom. The summed E-state index contributed by atoms with van der Waals surface area (Å²) < 4.78 is 0. The zero-order valence-corrected chi connectivity index (χ0v) is 16.4. The molecule has 2 fully saturated rings. The van der Waals surface area contributed by atoms with Gasteiger partial charge >= 0.3 is 0 Å². The van der Waals surface area contributed by atoms with Crippen molar-refractivity contribution in [1.82, 2.24) is 10.2 Å². The fraction of sp³-hybridized carbons (Fsp3) is 0.714. The fourth-order valence-electron chi connectivity index (χ4n) is 4.80. The highest BCUT2D eigenvalue weighted by atomic mass is 32.1. The van der Waals surface area contributed by atoms with Crippen LogP contribution in [0, 0.1) is 5.92 Å². The van der Waals surface area contributed by atoms with Crippen LogP contribution in [-0.2, 0) is 17.6 Å². The molecule has 142 valence electrons. The lowest BCUT2D eigenvalue weighted by Gasteiger charge is -2.35. The van der Waals surface area contributed by atoms with E-state index in [-0.39, 0.29) is 17.9 Å². The van der Waals surface area contributed by atoms with Gasteiger partial charge in [0.15, 0.2) is 0 Å². The summed E-state index contributed by atoms with van der Waals surface area (Å²) in [6.45, 7) is 1.59. The lowest BCUT2D eigenvalue weighted by molar-refractivity contribution is -0.137. The van der Waals surface area contributed by atoms with Gasteiger partial charge in [0.2, 0.25) is 5.91 Å². The number of carbonyl (C=O) groups excluding carboxylic acids is 2. The second-order valence-electron chi connectivity index (χ2n) is 8.17. The highest BCUT2D eigenvalue weighted by Gasteiger charge is 2.30. The number of thiophene rings is 1. The molecule has 0 spiro atoms. The van der Waals surface area contributed by atoms with E-state index in [0.29, 0.717) is 5.91 Å². The Labute approximate surface area is 160 Å². The van der Waals surface area contributed by atoms with E-state index in [1.165, 1.54) is 42.5 Å². The van der Waals surface area contributed by atoms with Crippen LogP contribution in [0.25, 0.3) is 0 Å². The second-order valence-corrected chi connectivity index (χ2v) is 9.13. The summed E-state index contributed by atoms with van der Waals surface area (Å²) in [5.41, 5.74) is 2.20. The summed E-state index contributed by atoms with van der Waals surface area (Å²) in [6, 6.07) is 0.206. The number of amides is 2. The van der Waals surface area contributed by atoms with Crippen LogP contribution in [0.3, 0.4) is 0 Å². The van der Waals surface area contributed by atoms with Gasteiger partial charge in [-0.2, -0.15) is 0 Å². The molecule has 0 unspecified atom stereocenters. The second kappa shape index (κ2) is 8.12. The Bertz CT molecular complexity index is 655. The maximum absolute atomic E-state index is 12.7. The normalized spacial score (nSPS) is 22.1. The Morgan fingerprint density at radius 1 is 0.962 bits per heavy atom. The Hall–Kier alpha value is -1.36. The first-order valence-electron chi connectivity index (χ1n) is 10.4. The predicted octanol–water partition coefficient (Wildman–Crippen LogP) is 3.93. The lowest BCUT2D eigenvalue weighted by atomic mass is 9.87. The summed E-state index contributed by atoms with van der Waals surface area (Å²) in [5, 5.41) is 5.29. The SMILES string of the molecule is O=C(NC1CCN(C(=O)C2CCCCC2)CC1)c1csc2c1CCCC2. The smallest absolute Gasteiger partial charge is 0.252 e. The molecule has 26 heavy (non-hydrogen) atoms. The Morgan fingerprint density at radius 2 is 1.69 bits per heavy atom. The first-order chi connectivity index (χ1) is 12.7. The molecule has 2 amide bonds. The maximum atomic E-state index is 12.7. The molecule has 3 aliphatic rings. The molecular weight excluding hydrogens is 344 g/mol. The first-order valence-corrected chi connectivity index (χ1v) is 11.3. The molecule has 4 nitrogen and oxygen atoms in total. The molecule has 1 N–H and O–H groups in total. The van der Waals surface area contributed by atoms with Crippen molar-refractivity contribution < 1.29 is 9.59 Å². The predicted molar refractivity (Wildman–Crippen MR) is 105 cm³/mol. The van der Waals surface area contributed by atoms with Crippen molar-refractivity contribution in [3.05, 3.63) is 21.4 Å². The lowest BCUT2D eigenvalue weighted by Crippen LogP contribution is -2.48. The van der Waals surface area contributed by atoms with Crippen molar-refractivity contribution in [3.63, 3.8) is 0 Å². The van der Waals surface area contributed by atoms with E-state index < -0.39 is 0 Å². The minimum atomic E-state index is 0.0986. The molecule has 4 rings (SSSR count). The van der Waals surface area contributed by atoms with Gasteiger partial charge < -0.3 is 10.2 Å². The molecule has 1 aliphatic heterocycles. The van der Waals surface area contributed by atoms with E-state index in [9.17, 15) is 9.59 Å². The number of hydrogen-bond acceptors (Lipinski definition) is 3. The Balaban J connectivity index is 1.29. The number of rotatable bonds is 3. The number of fused-ring (bicyclic) bond motifs is 1. The van der Waals surface area contributed by atoms with Gasteiger partial charge in [-0.05, 0) is 56.9 Å². The van der Waals surface area contributed by atoms with Gasteiger partial charge in [0, 0.05) is 35.3 Å². The first kappa shape index (κ1) is 18.0. The number of aryl methyl sites for hydroxylation is 1. The fourth-order valence-corrected chi connectivity index (χ4v) is 5.93. The molecule has 1 saturated heterocycles. The van der Waals surface area contributed by atoms with Crippen LogP contribution in [0.1, 0.15) is 78.6 Å². The standard InChI is InChI=1S/C21H30N2O2S/c24-20(18-14-26-19-9-5-4-8-17(18)19)22-16-10-12-23(13-11-16)21(25)15-6-2-1-3-7-15/h14-16H,1-13H2,(H,22,24). The van der Waals surface area contributed by atoms with Crippen LogP contribution in [0.5, 0.6) is 0 Å². The van der Waals surface area contributed by atoms with Crippen molar-refractivity contribution in [2.45, 2.75) is 76.7 Å². The monoisotopic (exact) mass is 374 g/mol. The molecule has 0 atom stereocenters. The van der Waals surface area contributed by atoms with E-state index in [1.54, 1.807) is 11.3 Å². The van der Waals surface area contributed by atoms with Gasteiger partial charge in [-0.15, -0.1) is 11.3 Å². The number of likely N-dealkylation sites (tertiary alicyclic amines) is 1. The van der Waals surface area contributed by atoms with Crippen LogP contribution in [0.4, 0.5) is 0 Å². The zero-order chi connectivity index (χ0) is 17.9. The molecule has 1 saturated carbocycles. The van der Waals surface area contributed by atoms with Crippen LogP contribution in [-0.4, -0.2) is 35.8 Å². The van der Waals surface area contributed by atoms with E-state index in [0.717, 1.165) is 57.2 Å². The van der Waals surface area contributed by atoms with Gasteiger partial charge in [-0.1, -0.05) is 19.3 Å². The van der Waals surface area contributed by atoms with Gasteiger partial charge in [0.25, 0.3) is 5.91 Å². The van der Waals surface area contributed by atoms with Crippen molar-refractivity contribution in [2.75, 3.05) is 13.1 Å². The molecule has 1 aromatic rings. The topological polar surface area (TPSA) is 49.4 Å². The molecule has 1 aromatic heterocycles. The van der Waals surface area contributed by atoms with Gasteiger partial charge in [0.05, 0.1) is 5.56 Å². The van der Waals surface area contributed by atoms with E-state index >= 15 is 0 Å². The van der Waals surface area contributed by atoms with Gasteiger partial charge in [-0.3, -0.25) is 9.59 Å². The number of hydrogen-bond donors (Lipinski definition) is 1. The number of nitrogens with zero attached hydrogens (tertiary/aromatic N) is 1. The zero-order valence-electron chi connectivity index (χ0n) is 15.6. The summed E-state index contributed by atoms with van der Waals surface area (Å²) in [6.07, 6.45) is 12.2. The summed E-state index contributed by atoms with van der Waals surface area (Å²) >= 11 is 1.75. The largest absolute Gasteiger partial charge is 0.349 e. The van der Waals surface area contributed by atoms with E-state index in [2.05, 4.69) is 5.32 Å². The minimum absolute atomic E-state index is 0.0986. The van der Waals surface area contributed by atoms with Crippen LogP contribution < -0.4 is 5.32 Å². The number of carbonyl (C=O) groups is 2. The molecule has 0 bridgehead atoms. The maximum Gasteiger partial charge on any atom is 0.252 e. The van der Waals surface area contributed by atoms with Gasteiger partial charge in [0.1, 0.15) is 0 Å². The molecular formula is C21H30N2O2S. The molecule has 2 heterocycles. The average molecular weight is 375 g/mol. The summed E-state index contributed by atoms with van der Waals surface area (Å²) in [7, 11) is 0. The van der Waals surface area contributed by atoms with Gasteiger partial charge in [-0.25, -0.2) is 0 Å². The van der Waals surface area contributed by atoms with E-state index in [1.807, 2.05) is 10.3 Å². The molecule has 5 heteroatoms. The van der Waals surface area contributed by atoms with Crippen molar-refractivity contribution in [1.29, 1.82) is 0 Å². The number of piperidine rings is 1. The third kappa shape index (κ3) is 3.83. The third-order valence-corrected chi connectivity index (χ3v) is 7.49. The highest BCUT2D eigenvalue weighted by Crippen LogP contribution is 2.30. The number of nitrogens with one attached hydrogen (secondary N) is 1. The molecule has 0 aromatic carbocycles. The molecule has 2 aliphatic carbocycles. The third-order valence-electron chi connectivity index (χ3n) is 6.40.